The monoisotopic (exact) mass is 212 g/mol. The maximum absolute atomic E-state index is 3.48. The van der Waals surface area contributed by atoms with Gasteiger partial charge in [0.05, 0.1) is 0 Å². The molecule has 74 valence electrons. The minimum atomic E-state index is 0. The second kappa shape index (κ2) is 5.28. The zero-order valence-corrected chi connectivity index (χ0v) is 9.09. The Bertz CT molecular complexity index is 110. The predicted molar refractivity (Wildman–Crippen MR) is 56.6 cm³/mol. The van der Waals surface area contributed by atoms with Gasteiger partial charge >= 0.3 is 0 Å². The fraction of sp³-hybridized carbons (Fsp3) is 1.00. The third kappa shape index (κ3) is 2.25. The van der Waals surface area contributed by atoms with Crippen molar-refractivity contribution in [2.45, 2.75) is 31.3 Å². The van der Waals surface area contributed by atoms with Crippen LogP contribution in [0.2, 0.25) is 0 Å². The van der Waals surface area contributed by atoms with E-state index in [-0.39, 0.29) is 24.8 Å². The molecule has 2 rings (SSSR count). The summed E-state index contributed by atoms with van der Waals surface area (Å²) in [5.41, 5.74) is 0. The van der Waals surface area contributed by atoms with Gasteiger partial charge in [0, 0.05) is 25.2 Å². The first-order chi connectivity index (χ1) is 4.88. The van der Waals surface area contributed by atoms with Crippen LogP contribution in [0.3, 0.4) is 0 Å². The number of fused-ring (bicyclic) bond motifs is 2. The third-order valence-electron chi connectivity index (χ3n) is 2.99. The molecular formula is C8H18Cl2N2. The van der Waals surface area contributed by atoms with Gasteiger partial charge in [0.15, 0.2) is 0 Å². The van der Waals surface area contributed by atoms with Gasteiger partial charge in [0.1, 0.15) is 0 Å². The highest BCUT2D eigenvalue weighted by Crippen LogP contribution is 2.22. The summed E-state index contributed by atoms with van der Waals surface area (Å²) in [6.45, 7) is 2.43. The second-order valence-electron chi connectivity index (χ2n) is 3.56. The van der Waals surface area contributed by atoms with Crippen molar-refractivity contribution in [2.75, 3.05) is 20.1 Å². The zero-order valence-electron chi connectivity index (χ0n) is 7.45. The zero-order chi connectivity index (χ0) is 6.97. The van der Waals surface area contributed by atoms with E-state index >= 15 is 0 Å². The first kappa shape index (κ1) is 12.5. The van der Waals surface area contributed by atoms with Crippen LogP contribution in [0.5, 0.6) is 0 Å². The van der Waals surface area contributed by atoms with Gasteiger partial charge in [-0.15, -0.1) is 24.8 Å². The molecule has 0 saturated carbocycles. The maximum Gasteiger partial charge on any atom is 0.0221 e. The highest BCUT2D eigenvalue weighted by Gasteiger charge is 2.30. The molecule has 0 radical (unpaired) electrons. The lowest BCUT2D eigenvalue weighted by atomic mass is 9.93. The number of piperazine rings is 1. The largest absolute Gasteiger partial charge is 0.314 e. The minimum Gasteiger partial charge on any atom is -0.314 e. The fourth-order valence-corrected chi connectivity index (χ4v) is 2.20. The molecule has 1 N–H and O–H groups in total. The Morgan fingerprint density at radius 2 is 1.58 bits per heavy atom. The van der Waals surface area contributed by atoms with Crippen LogP contribution < -0.4 is 5.32 Å². The Labute approximate surface area is 86.9 Å². The Morgan fingerprint density at radius 3 is 2.00 bits per heavy atom. The van der Waals surface area contributed by atoms with Gasteiger partial charge in [-0.3, -0.25) is 4.90 Å². The van der Waals surface area contributed by atoms with E-state index in [1.54, 1.807) is 0 Å². The third-order valence-corrected chi connectivity index (χ3v) is 2.99. The van der Waals surface area contributed by atoms with Crippen LogP contribution in [0.25, 0.3) is 0 Å². The molecule has 2 atom stereocenters. The number of piperidine rings is 1. The highest BCUT2D eigenvalue weighted by atomic mass is 35.5. The molecule has 0 spiro atoms. The van der Waals surface area contributed by atoms with Crippen LogP contribution in [0, 0.1) is 0 Å². The number of hydrogen-bond donors (Lipinski definition) is 1. The fourth-order valence-electron chi connectivity index (χ4n) is 2.20. The molecule has 4 heteroatoms. The molecular weight excluding hydrogens is 195 g/mol. The van der Waals surface area contributed by atoms with E-state index in [9.17, 15) is 0 Å². The Hall–Kier alpha value is 0.500. The first-order valence-electron chi connectivity index (χ1n) is 4.30. The summed E-state index contributed by atoms with van der Waals surface area (Å²) >= 11 is 0. The van der Waals surface area contributed by atoms with E-state index in [0.717, 1.165) is 12.1 Å². The summed E-state index contributed by atoms with van der Waals surface area (Å²) in [6, 6.07) is 1.68. The van der Waals surface area contributed by atoms with Crippen LogP contribution >= 0.6 is 24.8 Å². The summed E-state index contributed by atoms with van der Waals surface area (Å²) in [7, 11) is 2.27. The average Bonchev–Trinajstić information content (AvgIpc) is 1.86. The molecule has 0 amide bonds. The van der Waals surface area contributed by atoms with E-state index in [2.05, 4.69) is 17.3 Å². The number of nitrogens with one attached hydrogen (secondary N) is 1. The van der Waals surface area contributed by atoms with Crippen LogP contribution in [0.15, 0.2) is 0 Å². The van der Waals surface area contributed by atoms with E-state index in [1.807, 2.05) is 0 Å². The van der Waals surface area contributed by atoms with E-state index in [4.69, 9.17) is 0 Å². The van der Waals surface area contributed by atoms with Crippen molar-refractivity contribution >= 4 is 24.8 Å². The Kier molecular flexibility index (Phi) is 5.50. The van der Waals surface area contributed by atoms with E-state index in [0.29, 0.717) is 0 Å². The van der Waals surface area contributed by atoms with Gasteiger partial charge in [-0.05, 0) is 19.9 Å². The van der Waals surface area contributed by atoms with Crippen LogP contribution in [-0.2, 0) is 0 Å². The van der Waals surface area contributed by atoms with Gasteiger partial charge in [0.25, 0.3) is 0 Å². The smallest absolute Gasteiger partial charge is 0.0221 e. The van der Waals surface area contributed by atoms with Gasteiger partial charge in [-0.1, -0.05) is 6.42 Å². The second-order valence-corrected chi connectivity index (χ2v) is 3.56. The molecule has 2 aliphatic rings. The van der Waals surface area contributed by atoms with Gasteiger partial charge in [0.2, 0.25) is 0 Å². The molecule has 2 bridgehead atoms. The number of hydrogen-bond acceptors (Lipinski definition) is 2. The molecule has 2 aliphatic heterocycles. The number of likely N-dealkylation sites (N-methyl/N-ethyl adjacent to an activating group) is 1. The summed E-state index contributed by atoms with van der Waals surface area (Å²) in [4.78, 5) is 2.56. The van der Waals surface area contributed by atoms with Crippen molar-refractivity contribution in [3.05, 3.63) is 0 Å². The SMILES string of the molecule is CN1C2CCCC1CNC2.Cl.Cl. The number of nitrogens with zero attached hydrogens (tertiary/aromatic N) is 1. The van der Waals surface area contributed by atoms with Crippen molar-refractivity contribution in [3.8, 4) is 0 Å². The van der Waals surface area contributed by atoms with E-state index < -0.39 is 0 Å². The van der Waals surface area contributed by atoms with E-state index in [1.165, 1.54) is 32.4 Å². The van der Waals surface area contributed by atoms with Crippen LogP contribution in [0.1, 0.15) is 19.3 Å². The standard InChI is InChI=1S/C8H16N2.2ClH/c1-10-7-3-2-4-8(10)6-9-5-7;;/h7-9H,2-6H2,1H3;2*1H. The minimum absolute atomic E-state index is 0. The molecule has 2 saturated heterocycles. The molecule has 2 fully saturated rings. The Balaban J connectivity index is 0.000000605. The molecule has 0 aliphatic carbocycles. The predicted octanol–water partition coefficient (Wildman–Crippen LogP) is 1.29. The summed E-state index contributed by atoms with van der Waals surface area (Å²) in [5.74, 6) is 0. The summed E-state index contributed by atoms with van der Waals surface area (Å²) in [5, 5.41) is 3.48. The Morgan fingerprint density at radius 1 is 1.08 bits per heavy atom. The number of rotatable bonds is 0. The molecule has 2 heterocycles. The van der Waals surface area contributed by atoms with Crippen molar-refractivity contribution in [1.82, 2.24) is 10.2 Å². The first-order valence-corrected chi connectivity index (χ1v) is 4.30. The van der Waals surface area contributed by atoms with Crippen molar-refractivity contribution in [3.63, 3.8) is 0 Å². The van der Waals surface area contributed by atoms with Crippen LogP contribution in [-0.4, -0.2) is 37.1 Å². The van der Waals surface area contributed by atoms with Crippen molar-refractivity contribution in [1.29, 1.82) is 0 Å². The van der Waals surface area contributed by atoms with Crippen LogP contribution in [0.4, 0.5) is 0 Å². The lowest BCUT2D eigenvalue weighted by Crippen LogP contribution is -2.57. The maximum atomic E-state index is 3.48. The summed E-state index contributed by atoms with van der Waals surface area (Å²) < 4.78 is 0. The molecule has 0 aromatic rings. The van der Waals surface area contributed by atoms with Crippen molar-refractivity contribution < 1.29 is 0 Å². The molecule has 12 heavy (non-hydrogen) atoms. The molecule has 0 aromatic carbocycles. The molecule has 0 aromatic heterocycles. The van der Waals surface area contributed by atoms with Gasteiger partial charge in [-0.25, -0.2) is 0 Å². The van der Waals surface area contributed by atoms with Gasteiger partial charge < -0.3 is 5.32 Å². The lowest BCUT2D eigenvalue weighted by Gasteiger charge is -2.44. The normalized spacial score (nSPS) is 34.8. The lowest BCUT2D eigenvalue weighted by molar-refractivity contribution is 0.0809. The van der Waals surface area contributed by atoms with Gasteiger partial charge in [-0.2, -0.15) is 0 Å². The topological polar surface area (TPSA) is 15.3 Å². The number of halogens is 2. The highest BCUT2D eigenvalue weighted by molar-refractivity contribution is 5.85. The summed E-state index contributed by atoms with van der Waals surface area (Å²) in [6.07, 6.45) is 4.25. The van der Waals surface area contributed by atoms with Crippen molar-refractivity contribution in [2.24, 2.45) is 0 Å². The quantitative estimate of drug-likeness (QED) is 0.652. The average molecular weight is 213 g/mol. The molecule has 2 nitrogen and oxygen atoms in total. The molecule has 2 unspecified atom stereocenters.